The molecule has 4 saturated carbocycles. The molecule has 0 unspecified atom stereocenters. The van der Waals surface area contributed by atoms with Gasteiger partial charge < -0.3 is 0 Å². The fraction of sp³-hybridized carbons (Fsp3) is 0.824. The van der Waals surface area contributed by atoms with Gasteiger partial charge in [0.05, 0.1) is 6.20 Å². The lowest BCUT2D eigenvalue weighted by atomic mass is 9.48. The fourth-order valence-electron chi connectivity index (χ4n) is 5.79. The third kappa shape index (κ3) is 2.33. The van der Waals surface area contributed by atoms with Crippen LogP contribution in [0.3, 0.4) is 0 Å². The zero-order valence-corrected chi connectivity index (χ0v) is 12.9. The Hall–Kier alpha value is -1.19. The van der Waals surface area contributed by atoms with Crippen molar-refractivity contribution in [1.29, 1.82) is 0 Å². The summed E-state index contributed by atoms with van der Waals surface area (Å²) in [4.78, 5) is 12.8. The van der Waals surface area contributed by atoms with Crippen molar-refractivity contribution in [2.75, 3.05) is 0 Å². The van der Waals surface area contributed by atoms with E-state index >= 15 is 0 Å². The van der Waals surface area contributed by atoms with E-state index in [-0.39, 0.29) is 5.78 Å². The van der Waals surface area contributed by atoms with E-state index in [0.717, 1.165) is 42.8 Å². The Bertz CT molecular complexity index is 513. The van der Waals surface area contributed by atoms with E-state index in [0.29, 0.717) is 5.41 Å². The number of rotatable bonds is 5. The molecule has 0 spiro atoms. The second kappa shape index (κ2) is 4.92. The van der Waals surface area contributed by atoms with Crippen molar-refractivity contribution in [3.8, 4) is 0 Å². The van der Waals surface area contributed by atoms with E-state index in [9.17, 15) is 4.79 Å². The minimum absolute atomic E-state index is 0.274. The summed E-state index contributed by atoms with van der Waals surface area (Å²) in [5, 5.41) is 8.02. The van der Waals surface area contributed by atoms with Gasteiger partial charge in [0.25, 0.3) is 0 Å². The lowest BCUT2D eigenvalue weighted by Gasteiger charge is -2.56. The molecule has 4 fully saturated rings. The molecular weight excluding hydrogens is 262 g/mol. The van der Waals surface area contributed by atoms with Gasteiger partial charge in [-0.1, -0.05) is 12.1 Å². The van der Waals surface area contributed by atoms with Crippen LogP contribution in [0.15, 0.2) is 6.20 Å². The smallest absolute Gasteiger partial charge is 0.183 e. The molecule has 4 nitrogen and oxygen atoms in total. The van der Waals surface area contributed by atoms with Gasteiger partial charge in [0.2, 0.25) is 0 Å². The zero-order chi connectivity index (χ0) is 14.4. The molecular formula is C17H25N3O. The van der Waals surface area contributed by atoms with Crippen molar-refractivity contribution >= 4 is 5.78 Å². The van der Waals surface area contributed by atoms with Crippen LogP contribution in [-0.2, 0) is 6.54 Å². The van der Waals surface area contributed by atoms with E-state index in [1.165, 1.54) is 38.5 Å². The maximum atomic E-state index is 12.8. The highest BCUT2D eigenvalue weighted by atomic mass is 16.1. The first kappa shape index (κ1) is 13.5. The molecule has 0 saturated heterocycles. The molecule has 5 rings (SSSR count). The van der Waals surface area contributed by atoms with Gasteiger partial charge in [-0.3, -0.25) is 4.79 Å². The predicted molar refractivity (Wildman–Crippen MR) is 79.9 cm³/mol. The summed E-state index contributed by atoms with van der Waals surface area (Å²) in [5.74, 6) is 2.99. The van der Waals surface area contributed by atoms with Crippen molar-refractivity contribution in [3.63, 3.8) is 0 Å². The first-order valence-corrected chi connectivity index (χ1v) is 8.59. The Labute approximate surface area is 126 Å². The Morgan fingerprint density at radius 1 is 1.24 bits per heavy atom. The maximum absolute atomic E-state index is 12.8. The lowest BCUT2D eigenvalue weighted by molar-refractivity contribution is -0.0525. The van der Waals surface area contributed by atoms with Crippen molar-refractivity contribution in [1.82, 2.24) is 15.0 Å². The normalized spacial score (nSPS) is 37.1. The topological polar surface area (TPSA) is 47.8 Å². The molecule has 1 aromatic heterocycles. The molecule has 4 bridgehead atoms. The second-order valence-electron chi connectivity index (χ2n) is 7.86. The minimum Gasteiger partial charge on any atom is -0.292 e. The monoisotopic (exact) mass is 287 g/mol. The molecule has 1 heterocycles. The number of carbonyl (C=O) groups excluding carboxylic acids is 1. The molecule has 114 valence electrons. The first-order chi connectivity index (χ1) is 10.2. The summed E-state index contributed by atoms with van der Waals surface area (Å²) in [7, 11) is 0. The standard InChI is InChI=1S/C17H25N3O/c1-2-3-20-15(11-18-19-20)16(21)10-17-7-12-4-13(8-17)6-14(5-12)9-17/h11-14H,2-10H2,1H3. The largest absolute Gasteiger partial charge is 0.292 e. The number of carbonyl (C=O) groups is 1. The van der Waals surface area contributed by atoms with Crippen LogP contribution >= 0.6 is 0 Å². The first-order valence-electron chi connectivity index (χ1n) is 8.59. The highest BCUT2D eigenvalue weighted by Gasteiger charge is 2.51. The Morgan fingerprint density at radius 3 is 2.43 bits per heavy atom. The molecule has 0 aromatic carbocycles. The molecule has 4 aliphatic carbocycles. The minimum atomic E-state index is 0.274. The Kier molecular flexibility index (Phi) is 3.16. The van der Waals surface area contributed by atoms with Gasteiger partial charge in [-0.15, -0.1) is 5.10 Å². The highest BCUT2D eigenvalue weighted by molar-refractivity contribution is 5.94. The van der Waals surface area contributed by atoms with Gasteiger partial charge in [-0.25, -0.2) is 4.68 Å². The van der Waals surface area contributed by atoms with Crippen molar-refractivity contribution < 1.29 is 4.79 Å². The second-order valence-corrected chi connectivity index (χ2v) is 7.86. The number of aryl methyl sites for hydroxylation is 1. The number of hydrogen-bond donors (Lipinski definition) is 0. The van der Waals surface area contributed by atoms with Gasteiger partial charge >= 0.3 is 0 Å². The van der Waals surface area contributed by atoms with Crippen LogP contribution in [0.4, 0.5) is 0 Å². The number of Topliss-reactive ketones (excluding diaryl/α,β-unsaturated/α-hetero) is 1. The van der Waals surface area contributed by atoms with Crippen molar-refractivity contribution in [2.24, 2.45) is 23.2 Å². The van der Waals surface area contributed by atoms with Crippen LogP contribution in [0.2, 0.25) is 0 Å². The third-order valence-corrected chi connectivity index (χ3v) is 6.04. The van der Waals surface area contributed by atoms with Gasteiger partial charge in [-0.05, 0) is 68.1 Å². The summed E-state index contributed by atoms with van der Waals surface area (Å²) < 4.78 is 1.79. The summed E-state index contributed by atoms with van der Waals surface area (Å²) in [6.45, 7) is 2.90. The van der Waals surface area contributed by atoms with Gasteiger partial charge in [0.15, 0.2) is 5.78 Å². The molecule has 0 radical (unpaired) electrons. The van der Waals surface area contributed by atoms with Crippen LogP contribution in [0, 0.1) is 23.2 Å². The maximum Gasteiger partial charge on any atom is 0.183 e. The highest BCUT2D eigenvalue weighted by Crippen LogP contribution is 2.61. The van der Waals surface area contributed by atoms with Crippen LogP contribution in [0.5, 0.6) is 0 Å². The summed E-state index contributed by atoms with van der Waals surface area (Å²) in [6, 6.07) is 0. The molecule has 21 heavy (non-hydrogen) atoms. The van der Waals surface area contributed by atoms with Crippen LogP contribution in [0.1, 0.15) is 68.8 Å². The molecule has 0 N–H and O–H groups in total. The Balaban J connectivity index is 1.53. The quantitative estimate of drug-likeness (QED) is 0.779. The number of hydrogen-bond acceptors (Lipinski definition) is 3. The van der Waals surface area contributed by atoms with E-state index in [4.69, 9.17) is 0 Å². The molecule has 0 atom stereocenters. The average Bonchev–Trinajstić information content (AvgIpc) is 2.85. The SMILES string of the molecule is CCCn1nncc1C(=O)CC12CC3CC(CC(C3)C1)C2. The van der Waals surface area contributed by atoms with Gasteiger partial charge in [0.1, 0.15) is 5.69 Å². The van der Waals surface area contributed by atoms with Crippen molar-refractivity contribution in [2.45, 2.75) is 64.8 Å². The molecule has 4 heteroatoms. The van der Waals surface area contributed by atoms with Crippen molar-refractivity contribution in [3.05, 3.63) is 11.9 Å². The van der Waals surface area contributed by atoms with Gasteiger partial charge in [-0.2, -0.15) is 0 Å². The van der Waals surface area contributed by atoms with E-state index < -0.39 is 0 Å². The van der Waals surface area contributed by atoms with E-state index in [2.05, 4.69) is 17.2 Å². The molecule has 0 amide bonds. The number of ketones is 1. The fourth-order valence-corrected chi connectivity index (χ4v) is 5.79. The molecule has 1 aromatic rings. The Morgan fingerprint density at radius 2 is 1.86 bits per heavy atom. The summed E-state index contributed by atoms with van der Waals surface area (Å²) >= 11 is 0. The lowest BCUT2D eigenvalue weighted by Crippen LogP contribution is -2.47. The van der Waals surface area contributed by atoms with Gasteiger partial charge in [0, 0.05) is 13.0 Å². The zero-order valence-electron chi connectivity index (χ0n) is 12.9. The third-order valence-electron chi connectivity index (χ3n) is 6.04. The summed E-state index contributed by atoms with van der Waals surface area (Å²) in [5.41, 5.74) is 1.04. The average molecular weight is 287 g/mol. The predicted octanol–water partition coefficient (Wildman–Crippen LogP) is 3.48. The van der Waals surface area contributed by atoms with Crippen LogP contribution in [-0.4, -0.2) is 20.8 Å². The molecule has 0 aliphatic heterocycles. The number of aromatic nitrogens is 3. The van der Waals surface area contributed by atoms with Crippen LogP contribution in [0.25, 0.3) is 0 Å². The molecule has 4 aliphatic rings. The summed E-state index contributed by atoms with van der Waals surface area (Å²) in [6.07, 6.45) is 11.6. The van der Waals surface area contributed by atoms with E-state index in [1.54, 1.807) is 10.9 Å². The van der Waals surface area contributed by atoms with Crippen LogP contribution < -0.4 is 0 Å². The van der Waals surface area contributed by atoms with E-state index in [1.807, 2.05) is 0 Å². The number of nitrogens with zero attached hydrogens (tertiary/aromatic N) is 3.